The van der Waals surface area contributed by atoms with Gasteiger partial charge in [0.15, 0.2) is 6.04 Å². The minimum Gasteiger partial charge on any atom is -0.390 e. The molecule has 3 N–H and O–H groups in total. The third-order valence-corrected chi connectivity index (χ3v) is 8.16. The zero-order chi connectivity index (χ0) is 32.7. The van der Waals surface area contributed by atoms with Crippen molar-refractivity contribution >= 4 is 30.3 Å². The topological polar surface area (TPSA) is 170 Å². The van der Waals surface area contributed by atoms with Crippen molar-refractivity contribution in [1.82, 2.24) is 9.55 Å². The van der Waals surface area contributed by atoms with Gasteiger partial charge in [0.2, 0.25) is 5.82 Å². The molecule has 0 spiro atoms. The molecule has 1 aliphatic rings. The Morgan fingerprint density at radius 2 is 1.93 bits per heavy atom. The van der Waals surface area contributed by atoms with Crippen molar-refractivity contribution in [3.63, 3.8) is 0 Å². The number of nitrogens with one attached hydrogen (secondary N) is 1. The number of phosphoric acid groups is 1. The van der Waals surface area contributed by atoms with Gasteiger partial charge in [-0.15, -0.1) is 0 Å². The van der Waals surface area contributed by atoms with Gasteiger partial charge < -0.3 is 14.4 Å². The molecular weight excluding hydrogens is 612 g/mol. The Morgan fingerprint density at radius 1 is 1.20 bits per heavy atom. The molecule has 3 aromatic rings. The molecule has 2 heterocycles. The zero-order valence-electron chi connectivity index (χ0n) is 25.3. The van der Waals surface area contributed by atoms with E-state index in [9.17, 15) is 33.3 Å². The number of H-pyrrole nitrogens is 1. The van der Waals surface area contributed by atoms with Crippen LogP contribution in [0, 0.1) is 11.7 Å². The molecule has 15 heteroatoms. The van der Waals surface area contributed by atoms with Crippen molar-refractivity contribution < 1.29 is 42.4 Å². The van der Waals surface area contributed by atoms with Crippen LogP contribution in [0.4, 0.5) is 10.1 Å². The predicted octanol–water partition coefficient (Wildman–Crippen LogP) is 4.18. The number of fused-ring (bicyclic) bond motifs is 1. The molecule has 0 saturated carbocycles. The molecule has 1 saturated heterocycles. The molecule has 1 unspecified atom stereocenters. The van der Waals surface area contributed by atoms with E-state index in [0.717, 1.165) is 34.6 Å². The van der Waals surface area contributed by atoms with Crippen molar-refractivity contribution in [3.8, 4) is 0 Å². The van der Waals surface area contributed by atoms with Crippen LogP contribution in [-0.2, 0) is 28.0 Å². The Kier molecular flexibility index (Phi) is 11.7. The second kappa shape index (κ2) is 15.3. The summed E-state index contributed by atoms with van der Waals surface area (Å²) in [5, 5.41) is 13.6. The van der Waals surface area contributed by atoms with E-state index in [1.165, 1.54) is 5.06 Å². The lowest BCUT2D eigenvalue weighted by Gasteiger charge is -2.33. The number of aliphatic hydroxyl groups excluding tert-OH is 1. The minimum absolute atomic E-state index is 0.0431. The Hall–Kier alpha value is -3.39. The van der Waals surface area contributed by atoms with E-state index in [1.807, 2.05) is 50.2 Å². The molecular formula is C30H39FN3O10P. The summed E-state index contributed by atoms with van der Waals surface area (Å²) in [6.45, 7) is 5.44. The number of aliphatic hydroxyl groups is 1. The first-order valence-corrected chi connectivity index (χ1v) is 16.3. The number of benzene rings is 2. The number of nitrogens with zero attached hydrogens (tertiary/aromatic N) is 2. The van der Waals surface area contributed by atoms with Crippen molar-refractivity contribution in [2.75, 3.05) is 18.3 Å². The van der Waals surface area contributed by atoms with Crippen molar-refractivity contribution in [2.45, 2.75) is 77.4 Å². The second-order valence-electron chi connectivity index (χ2n) is 11.3. The van der Waals surface area contributed by atoms with Gasteiger partial charge in [0, 0.05) is 11.8 Å². The van der Waals surface area contributed by atoms with Crippen LogP contribution in [0.5, 0.6) is 0 Å². The summed E-state index contributed by atoms with van der Waals surface area (Å²) in [7, 11) is -5.06. The Balaban J connectivity index is 1.50. The number of carbonyl (C=O) groups is 1. The maximum absolute atomic E-state index is 13.7. The molecule has 0 aliphatic carbocycles. The third-order valence-electron chi connectivity index (χ3n) is 7.28. The van der Waals surface area contributed by atoms with E-state index in [0.29, 0.717) is 18.5 Å². The molecule has 246 valence electrons. The molecule has 13 nitrogen and oxygen atoms in total. The summed E-state index contributed by atoms with van der Waals surface area (Å²) in [4.78, 5) is 55.5. The van der Waals surface area contributed by atoms with E-state index < -0.39 is 61.9 Å². The van der Waals surface area contributed by atoms with E-state index >= 15 is 0 Å². The minimum atomic E-state index is -5.06. The van der Waals surface area contributed by atoms with Gasteiger partial charge in [-0.1, -0.05) is 70.0 Å². The zero-order valence-corrected chi connectivity index (χ0v) is 26.2. The summed E-state index contributed by atoms with van der Waals surface area (Å²) >= 11 is 0. The average Bonchev–Trinajstić information content (AvgIpc) is 3.36. The normalized spacial score (nSPS) is 20.3. The number of hydrogen-bond acceptors (Lipinski definition) is 10. The summed E-state index contributed by atoms with van der Waals surface area (Å²) in [5.74, 6) is -2.33. The third kappa shape index (κ3) is 8.87. The highest BCUT2D eigenvalue weighted by atomic mass is 31.2. The van der Waals surface area contributed by atoms with Crippen LogP contribution in [0.15, 0.2) is 58.3 Å². The van der Waals surface area contributed by atoms with Gasteiger partial charge >= 0.3 is 19.5 Å². The van der Waals surface area contributed by atoms with Gasteiger partial charge in [-0.05, 0) is 30.2 Å². The van der Waals surface area contributed by atoms with Crippen LogP contribution in [0.25, 0.3) is 10.8 Å². The molecule has 2 aromatic carbocycles. The molecule has 1 fully saturated rings. The summed E-state index contributed by atoms with van der Waals surface area (Å²) < 4.78 is 43.1. The number of phosphoric ester groups is 1. The standard InChI is InChI=1S/C30H39FN3O10P/c1-4-5-8-14-41-34(23-13-9-11-20-10-6-7-12-21(20)23)24(15-19(2)3)29(37)44-45(39,40)42-18-26-25(35)16-27(43-26)33-17-22(31)28(36)32-30(33)38/h6-7,9-13,17,19,24-27,35H,4-5,8,14-16,18H2,1-3H3,(H,39,40)(H,32,36,38)/t24-,25-,26+,27+/m0/s1. The largest absolute Gasteiger partial charge is 0.529 e. The van der Waals surface area contributed by atoms with Crippen LogP contribution in [0.3, 0.4) is 0 Å². The lowest BCUT2D eigenvalue weighted by Crippen LogP contribution is -2.43. The van der Waals surface area contributed by atoms with Gasteiger partial charge in [-0.3, -0.25) is 28.6 Å². The SMILES string of the molecule is CCCCCON(c1cccc2ccccc12)[C@@H](CC(C)C)C(=O)OP(=O)(O)OC[C@H]1O[C@@H](n2cc(F)c(=O)[nH]c2=O)C[C@@H]1O. The number of halogens is 1. The summed E-state index contributed by atoms with van der Waals surface area (Å²) in [6, 6.07) is 12.0. The van der Waals surface area contributed by atoms with E-state index in [2.05, 4.69) is 6.92 Å². The highest BCUT2D eigenvalue weighted by molar-refractivity contribution is 7.48. The van der Waals surface area contributed by atoms with E-state index in [-0.39, 0.29) is 18.8 Å². The maximum atomic E-state index is 13.7. The molecule has 1 aliphatic heterocycles. The molecule has 0 amide bonds. The molecule has 5 atom stereocenters. The molecule has 4 rings (SSSR count). The first-order chi connectivity index (χ1) is 21.4. The average molecular weight is 652 g/mol. The number of ether oxygens (including phenoxy) is 1. The van der Waals surface area contributed by atoms with Crippen LogP contribution in [0.1, 0.15) is 59.1 Å². The molecule has 45 heavy (non-hydrogen) atoms. The number of anilines is 1. The summed E-state index contributed by atoms with van der Waals surface area (Å²) in [6.07, 6.45) is -0.484. The fraction of sp³-hybridized carbons (Fsp3) is 0.500. The fourth-order valence-electron chi connectivity index (χ4n) is 5.06. The van der Waals surface area contributed by atoms with E-state index in [1.54, 1.807) is 11.1 Å². The highest BCUT2D eigenvalue weighted by Crippen LogP contribution is 2.45. The lowest BCUT2D eigenvalue weighted by atomic mass is 10.0. The van der Waals surface area contributed by atoms with Crippen molar-refractivity contribution in [2.24, 2.45) is 5.92 Å². The van der Waals surface area contributed by atoms with Gasteiger partial charge in [0.05, 0.1) is 31.2 Å². The number of carbonyl (C=O) groups excluding carboxylic acids is 1. The van der Waals surface area contributed by atoms with E-state index in [4.69, 9.17) is 18.6 Å². The van der Waals surface area contributed by atoms with Crippen LogP contribution in [0.2, 0.25) is 0 Å². The number of hydroxylamine groups is 1. The summed E-state index contributed by atoms with van der Waals surface area (Å²) in [5.41, 5.74) is -1.59. The van der Waals surface area contributed by atoms with Gasteiger partial charge in [-0.25, -0.2) is 19.2 Å². The van der Waals surface area contributed by atoms with Gasteiger partial charge in [0.25, 0.3) is 5.56 Å². The Labute approximate surface area is 259 Å². The maximum Gasteiger partial charge on any atom is 0.529 e. The predicted molar refractivity (Wildman–Crippen MR) is 163 cm³/mol. The fourth-order valence-corrected chi connectivity index (χ4v) is 5.79. The second-order valence-corrected chi connectivity index (χ2v) is 12.6. The lowest BCUT2D eigenvalue weighted by molar-refractivity contribution is -0.140. The molecule has 1 aromatic heterocycles. The molecule has 0 bridgehead atoms. The monoisotopic (exact) mass is 651 g/mol. The smallest absolute Gasteiger partial charge is 0.390 e. The number of aromatic nitrogens is 2. The Bertz CT molecular complexity index is 1620. The Morgan fingerprint density at radius 3 is 2.67 bits per heavy atom. The number of rotatable bonds is 15. The van der Waals surface area contributed by atoms with Crippen molar-refractivity contribution in [1.29, 1.82) is 0 Å². The van der Waals surface area contributed by atoms with Crippen LogP contribution < -0.4 is 16.3 Å². The first kappa shape index (κ1) is 34.5. The molecule has 0 radical (unpaired) electrons. The van der Waals surface area contributed by atoms with Crippen LogP contribution in [-0.4, -0.2) is 57.0 Å². The van der Waals surface area contributed by atoms with Crippen LogP contribution >= 0.6 is 7.82 Å². The number of aromatic amines is 1. The van der Waals surface area contributed by atoms with Gasteiger partial charge in [-0.2, -0.15) is 4.39 Å². The quantitative estimate of drug-likeness (QED) is 0.122. The van der Waals surface area contributed by atoms with Crippen molar-refractivity contribution in [3.05, 3.63) is 75.3 Å². The first-order valence-electron chi connectivity index (χ1n) is 14.8. The van der Waals surface area contributed by atoms with Gasteiger partial charge in [0.1, 0.15) is 12.3 Å². The number of unbranched alkanes of at least 4 members (excludes halogenated alkanes) is 2. The highest BCUT2D eigenvalue weighted by Gasteiger charge is 2.40. The number of hydrogen-bond donors (Lipinski definition) is 3.